The fraction of sp³-hybridized carbons (Fsp3) is 0.214. The SMILES string of the molecule is CSC1=N/C(=C\c2ccc3nn(C)cc3c2)C(=O)N1C. The topological polar surface area (TPSA) is 50.5 Å². The van der Waals surface area contributed by atoms with E-state index in [2.05, 4.69) is 10.1 Å². The van der Waals surface area contributed by atoms with Gasteiger partial charge in [-0.15, -0.1) is 0 Å². The van der Waals surface area contributed by atoms with E-state index in [1.54, 1.807) is 16.6 Å². The van der Waals surface area contributed by atoms with E-state index >= 15 is 0 Å². The molecule has 1 aliphatic heterocycles. The highest BCUT2D eigenvalue weighted by molar-refractivity contribution is 8.13. The third kappa shape index (κ3) is 2.12. The Hall–Kier alpha value is -2.08. The summed E-state index contributed by atoms with van der Waals surface area (Å²) in [7, 11) is 3.63. The zero-order valence-electron chi connectivity index (χ0n) is 11.5. The number of likely N-dealkylation sites (N-methyl/N-ethyl adjacent to an activating group) is 1. The number of carbonyl (C=O) groups excluding carboxylic acids is 1. The smallest absolute Gasteiger partial charge is 0.278 e. The maximum absolute atomic E-state index is 12.1. The highest BCUT2D eigenvalue weighted by Gasteiger charge is 2.25. The molecule has 0 atom stereocenters. The number of benzene rings is 1. The van der Waals surface area contributed by atoms with Crippen LogP contribution in [0.4, 0.5) is 0 Å². The Morgan fingerprint density at radius 1 is 1.30 bits per heavy atom. The van der Waals surface area contributed by atoms with E-state index in [-0.39, 0.29) is 5.91 Å². The van der Waals surface area contributed by atoms with Gasteiger partial charge in [0.25, 0.3) is 5.91 Å². The number of aliphatic imine (C=N–C) groups is 1. The summed E-state index contributed by atoms with van der Waals surface area (Å²) in [5.74, 6) is -0.0689. The number of hydrogen-bond acceptors (Lipinski definition) is 4. The van der Waals surface area contributed by atoms with Gasteiger partial charge in [0.15, 0.2) is 5.17 Å². The number of aryl methyl sites for hydroxylation is 1. The zero-order valence-corrected chi connectivity index (χ0v) is 12.3. The van der Waals surface area contributed by atoms with Gasteiger partial charge >= 0.3 is 0 Å². The molecule has 0 saturated heterocycles. The van der Waals surface area contributed by atoms with Crippen LogP contribution in [0.1, 0.15) is 5.56 Å². The summed E-state index contributed by atoms with van der Waals surface area (Å²) in [5, 5.41) is 6.10. The number of fused-ring (bicyclic) bond motifs is 1. The van der Waals surface area contributed by atoms with Crippen molar-refractivity contribution in [2.24, 2.45) is 12.0 Å². The van der Waals surface area contributed by atoms with Crippen LogP contribution in [0.25, 0.3) is 17.0 Å². The number of thioether (sulfide) groups is 1. The normalized spacial score (nSPS) is 17.4. The van der Waals surface area contributed by atoms with Crippen LogP contribution in [-0.4, -0.2) is 39.1 Å². The van der Waals surface area contributed by atoms with Gasteiger partial charge in [0.2, 0.25) is 0 Å². The minimum atomic E-state index is -0.0689. The molecule has 20 heavy (non-hydrogen) atoms. The van der Waals surface area contributed by atoms with Crippen LogP contribution in [-0.2, 0) is 11.8 Å². The highest BCUT2D eigenvalue weighted by atomic mass is 32.2. The molecule has 0 unspecified atom stereocenters. The monoisotopic (exact) mass is 286 g/mol. The lowest BCUT2D eigenvalue weighted by atomic mass is 10.1. The quantitative estimate of drug-likeness (QED) is 0.754. The predicted octanol–water partition coefficient (Wildman–Crippen LogP) is 2.11. The van der Waals surface area contributed by atoms with E-state index in [9.17, 15) is 4.79 Å². The second-order valence-corrected chi connectivity index (χ2v) is 5.39. The first-order valence-corrected chi connectivity index (χ1v) is 7.37. The van der Waals surface area contributed by atoms with Gasteiger partial charge < -0.3 is 0 Å². The van der Waals surface area contributed by atoms with Crippen LogP contribution in [0.3, 0.4) is 0 Å². The van der Waals surface area contributed by atoms with Gasteiger partial charge in [-0.25, -0.2) is 4.99 Å². The van der Waals surface area contributed by atoms with Crippen LogP contribution < -0.4 is 0 Å². The van der Waals surface area contributed by atoms with Gasteiger partial charge in [-0.05, 0) is 30.0 Å². The summed E-state index contributed by atoms with van der Waals surface area (Å²) in [4.78, 5) is 18.0. The Balaban J connectivity index is 2.01. The molecule has 1 aromatic carbocycles. The second kappa shape index (κ2) is 4.79. The molecule has 1 aliphatic rings. The summed E-state index contributed by atoms with van der Waals surface area (Å²) in [6, 6.07) is 5.90. The fourth-order valence-corrected chi connectivity index (χ4v) is 2.72. The molecule has 5 nitrogen and oxygen atoms in total. The van der Waals surface area contributed by atoms with Crippen molar-refractivity contribution in [1.29, 1.82) is 0 Å². The second-order valence-electron chi connectivity index (χ2n) is 4.61. The standard InChI is InChI=1S/C14H14N4OS/c1-17-8-10-6-9(4-5-11(10)16-17)7-12-13(19)18(2)14(15-12)20-3/h4-8H,1-3H3/b12-7-. The number of rotatable bonds is 1. The first-order chi connectivity index (χ1) is 9.58. The molecular weight excluding hydrogens is 272 g/mol. The van der Waals surface area contributed by atoms with Crippen LogP contribution in [0.15, 0.2) is 35.1 Å². The molecule has 0 bridgehead atoms. The van der Waals surface area contributed by atoms with Crippen molar-refractivity contribution in [2.75, 3.05) is 13.3 Å². The molecule has 0 N–H and O–H groups in total. The maximum Gasteiger partial charge on any atom is 0.278 e. The van der Waals surface area contributed by atoms with Gasteiger partial charge in [0, 0.05) is 25.7 Å². The van der Waals surface area contributed by atoms with Crippen molar-refractivity contribution < 1.29 is 4.79 Å². The molecule has 2 heterocycles. The summed E-state index contributed by atoms with van der Waals surface area (Å²) < 4.78 is 1.78. The third-order valence-electron chi connectivity index (χ3n) is 3.16. The molecule has 0 aliphatic carbocycles. The molecule has 2 aromatic rings. The maximum atomic E-state index is 12.1. The molecule has 0 spiro atoms. The van der Waals surface area contributed by atoms with Gasteiger partial charge in [0.1, 0.15) is 5.70 Å². The van der Waals surface area contributed by atoms with Gasteiger partial charge in [-0.1, -0.05) is 17.8 Å². The summed E-state index contributed by atoms with van der Waals surface area (Å²) in [6.07, 6.45) is 5.68. The summed E-state index contributed by atoms with van der Waals surface area (Å²) >= 11 is 1.47. The van der Waals surface area contributed by atoms with Gasteiger partial charge in [-0.3, -0.25) is 14.4 Å². The Kier molecular flexibility index (Phi) is 3.10. The lowest BCUT2D eigenvalue weighted by molar-refractivity contribution is -0.121. The van der Waals surface area contributed by atoms with Crippen molar-refractivity contribution in [3.63, 3.8) is 0 Å². The van der Waals surface area contributed by atoms with Crippen LogP contribution >= 0.6 is 11.8 Å². The van der Waals surface area contributed by atoms with Crippen molar-refractivity contribution in [2.45, 2.75) is 0 Å². The minimum absolute atomic E-state index is 0.0689. The number of aromatic nitrogens is 2. The number of hydrogen-bond donors (Lipinski definition) is 0. The van der Waals surface area contributed by atoms with Crippen molar-refractivity contribution in [1.82, 2.24) is 14.7 Å². The van der Waals surface area contributed by atoms with Gasteiger partial charge in [0.05, 0.1) is 5.52 Å². The van der Waals surface area contributed by atoms with Crippen LogP contribution in [0, 0.1) is 0 Å². The number of amidine groups is 1. The molecule has 0 saturated carbocycles. The number of amides is 1. The first kappa shape index (κ1) is 12.9. The largest absolute Gasteiger partial charge is 0.289 e. The Morgan fingerprint density at radius 2 is 2.10 bits per heavy atom. The predicted molar refractivity (Wildman–Crippen MR) is 82.4 cm³/mol. The highest BCUT2D eigenvalue weighted by Crippen LogP contribution is 2.22. The van der Waals surface area contributed by atoms with Crippen molar-refractivity contribution in [3.8, 4) is 0 Å². The van der Waals surface area contributed by atoms with E-state index < -0.39 is 0 Å². The van der Waals surface area contributed by atoms with Crippen LogP contribution in [0.2, 0.25) is 0 Å². The molecule has 1 amide bonds. The molecule has 3 rings (SSSR count). The summed E-state index contributed by atoms with van der Waals surface area (Å²) in [5.41, 5.74) is 2.37. The molecule has 102 valence electrons. The molecule has 1 aromatic heterocycles. The van der Waals surface area contributed by atoms with E-state index in [0.717, 1.165) is 21.6 Å². The first-order valence-electron chi connectivity index (χ1n) is 6.14. The average Bonchev–Trinajstić information content (AvgIpc) is 2.92. The van der Waals surface area contributed by atoms with Gasteiger partial charge in [-0.2, -0.15) is 5.10 Å². The fourth-order valence-electron chi connectivity index (χ4n) is 2.18. The van der Waals surface area contributed by atoms with E-state index in [1.807, 2.05) is 43.8 Å². The van der Waals surface area contributed by atoms with Crippen molar-refractivity contribution >= 4 is 39.8 Å². The Labute approximate surface area is 121 Å². The molecular formula is C14H14N4OS. The molecule has 6 heteroatoms. The molecule has 0 fully saturated rings. The van der Waals surface area contributed by atoms with Crippen molar-refractivity contribution in [3.05, 3.63) is 35.7 Å². The molecule has 0 radical (unpaired) electrons. The Bertz CT molecular complexity index is 760. The lowest BCUT2D eigenvalue weighted by Crippen LogP contribution is -2.25. The number of nitrogens with zero attached hydrogens (tertiary/aromatic N) is 4. The Morgan fingerprint density at radius 3 is 2.80 bits per heavy atom. The lowest BCUT2D eigenvalue weighted by Gasteiger charge is -2.07. The van der Waals surface area contributed by atoms with Crippen LogP contribution in [0.5, 0.6) is 0 Å². The number of carbonyl (C=O) groups is 1. The average molecular weight is 286 g/mol. The third-order valence-corrected chi connectivity index (χ3v) is 3.89. The zero-order chi connectivity index (χ0) is 14.3. The van der Waals surface area contributed by atoms with E-state index in [4.69, 9.17) is 0 Å². The summed E-state index contributed by atoms with van der Waals surface area (Å²) in [6.45, 7) is 0. The van der Waals surface area contributed by atoms with E-state index in [1.165, 1.54) is 11.8 Å². The minimum Gasteiger partial charge on any atom is -0.289 e. The van der Waals surface area contributed by atoms with E-state index in [0.29, 0.717) is 5.70 Å².